The number of nitrogens with one attached hydrogen (secondary N) is 2. The standard InChI is InChI=1S/C11H18N4/c1-9-2-3-11(15-14-9)13-7-5-10-4-6-12-8-10/h2-3,10,12H,4-8H2,1H3,(H,13,15). The molecule has 4 heteroatoms. The zero-order chi connectivity index (χ0) is 10.5. The molecule has 0 bridgehead atoms. The molecule has 2 heterocycles. The van der Waals surface area contributed by atoms with Gasteiger partial charge in [-0.25, -0.2) is 0 Å². The van der Waals surface area contributed by atoms with Crippen molar-refractivity contribution in [1.29, 1.82) is 0 Å². The minimum Gasteiger partial charge on any atom is -0.369 e. The SMILES string of the molecule is Cc1ccc(NCCC2CCNC2)nn1. The average molecular weight is 206 g/mol. The average Bonchev–Trinajstić information content (AvgIpc) is 2.74. The molecular weight excluding hydrogens is 188 g/mol. The van der Waals surface area contributed by atoms with Gasteiger partial charge in [-0.15, -0.1) is 5.10 Å². The number of nitrogens with zero attached hydrogens (tertiary/aromatic N) is 2. The molecule has 1 aliphatic heterocycles. The van der Waals surface area contributed by atoms with Crippen LogP contribution < -0.4 is 10.6 Å². The van der Waals surface area contributed by atoms with Gasteiger partial charge in [0.25, 0.3) is 0 Å². The second-order valence-corrected chi connectivity index (χ2v) is 4.13. The Kier molecular flexibility index (Phi) is 3.50. The fourth-order valence-electron chi connectivity index (χ4n) is 1.86. The van der Waals surface area contributed by atoms with Crippen LogP contribution in [0.2, 0.25) is 0 Å². The number of hydrogen-bond acceptors (Lipinski definition) is 4. The Bertz CT molecular complexity index is 290. The van der Waals surface area contributed by atoms with Gasteiger partial charge in [0, 0.05) is 6.54 Å². The summed E-state index contributed by atoms with van der Waals surface area (Å²) >= 11 is 0. The molecule has 1 atom stereocenters. The normalized spacial score (nSPS) is 20.5. The van der Waals surface area contributed by atoms with Gasteiger partial charge in [0.15, 0.2) is 0 Å². The molecule has 1 unspecified atom stereocenters. The molecule has 1 aromatic rings. The summed E-state index contributed by atoms with van der Waals surface area (Å²) in [4.78, 5) is 0. The summed E-state index contributed by atoms with van der Waals surface area (Å²) in [6.45, 7) is 5.28. The smallest absolute Gasteiger partial charge is 0.148 e. The fourth-order valence-corrected chi connectivity index (χ4v) is 1.86. The van der Waals surface area contributed by atoms with E-state index >= 15 is 0 Å². The van der Waals surface area contributed by atoms with E-state index in [0.717, 1.165) is 24.0 Å². The number of anilines is 1. The van der Waals surface area contributed by atoms with E-state index in [9.17, 15) is 0 Å². The number of aromatic nitrogens is 2. The van der Waals surface area contributed by atoms with Crippen LogP contribution >= 0.6 is 0 Å². The van der Waals surface area contributed by atoms with Crippen LogP contribution in [0.4, 0.5) is 5.82 Å². The fraction of sp³-hybridized carbons (Fsp3) is 0.636. The monoisotopic (exact) mass is 206 g/mol. The molecule has 1 saturated heterocycles. The van der Waals surface area contributed by atoms with E-state index in [1.165, 1.54) is 25.9 Å². The lowest BCUT2D eigenvalue weighted by molar-refractivity contribution is 0.548. The summed E-state index contributed by atoms with van der Waals surface area (Å²) < 4.78 is 0. The highest BCUT2D eigenvalue weighted by Gasteiger charge is 2.13. The lowest BCUT2D eigenvalue weighted by atomic mass is 10.1. The molecule has 0 aromatic carbocycles. The van der Waals surface area contributed by atoms with E-state index in [0.29, 0.717) is 0 Å². The minimum atomic E-state index is 0.830. The van der Waals surface area contributed by atoms with Crippen LogP contribution in [-0.4, -0.2) is 29.8 Å². The molecule has 1 aromatic heterocycles. The lowest BCUT2D eigenvalue weighted by Crippen LogP contribution is -2.13. The van der Waals surface area contributed by atoms with Crippen molar-refractivity contribution in [1.82, 2.24) is 15.5 Å². The molecule has 0 aliphatic carbocycles. The summed E-state index contributed by atoms with van der Waals surface area (Å²) in [5.41, 5.74) is 0.959. The van der Waals surface area contributed by atoms with Crippen molar-refractivity contribution in [3.05, 3.63) is 17.8 Å². The summed E-state index contributed by atoms with van der Waals surface area (Å²) in [6, 6.07) is 3.96. The van der Waals surface area contributed by atoms with Gasteiger partial charge in [-0.3, -0.25) is 0 Å². The molecule has 1 fully saturated rings. The molecular formula is C11H18N4. The third-order valence-electron chi connectivity index (χ3n) is 2.82. The molecule has 0 saturated carbocycles. The Labute approximate surface area is 90.5 Å². The van der Waals surface area contributed by atoms with E-state index in [2.05, 4.69) is 20.8 Å². The van der Waals surface area contributed by atoms with Crippen LogP contribution in [-0.2, 0) is 0 Å². The van der Waals surface area contributed by atoms with E-state index < -0.39 is 0 Å². The minimum absolute atomic E-state index is 0.830. The second-order valence-electron chi connectivity index (χ2n) is 4.13. The third-order valence-corrected chi connectivity index (χ3v) is 2.82. The maximum absolute atomic E-state index is 4.07. The highest BCUT2D eigenvalue weighted by Crippen LogP contribution is 2.12. The topological polar surface area (TPSA) is 49.8 Å². The Morgan fingerprint density at radius 1 is 1.47 bits per heavy atom. The first-order chi connectivity index (χ1) is 7.34. The molecule has 82 valence electrons. The van der Waals surface area contributed by atoms with Gasteiger partial charge in [0.2, 0.25) is 0 Å². The van der Waals surface area contributed by atoms with Crippen LogP contribution in [0, 0.1) is 12.8 Å². The highest BCUT2D eigenvalue weighted by atomic mass is 15.2. The van der Waals surface area contributed by atoms with Crippen molar-refractivity contribution in [2.24, 2.45) is 5.92 Å². The van der Waals surface area contributed by atoms with Crippen LogP contribution in [0.3, 0.4) is 0 Å². The zero-order valence-electron chi connectivity index (χ0n) is 9.16. The maximum atomic E-state index is 4.07. The van der Waals surface area contributed by atoms with E-state index in [4.69, 9.17) is 0 Å². The van der Waals surface area contributed by atoms with Gasteiger partial charge in [-0.05, 0) is 50.9 Å². The Hall–Kier alpha value is -1.16. The predicted molar refractivity (Wildman–Crippen MR) is 60.9 cm³/mol. The van der Waals surface area contributed by atoms with Gasteiger partial charge < -0.3 is 10.6 Å². The highest BCUT2D eigenvalue weighted by molar-refractivity contribution is 5.32. The summed E-state index contributed by atoms with van der Waals surface area (Å²) in [7, 11) is 0. The summed E-state index contributed by atoms with van der Waals surface area (Å²) in [6.07, 6.45) is 2.52. The summed E-state index contributed by atoms with van der Waals surface area (Å²) in [5, 5.41) is 14.7. The lowest BCUT2D eigenvalue weighted by Gasteiger charge is -2.09. The molecule has 0 amide bonds. The number of hydrogen-bond donors (Lipinski definition) is 2. The first kappa shape index (κ1) is 10.4. The first-order valence-electron chi connectivity index (χ1n) is 5.59. The van der Waals surface area contributed by atoms with Gasteiger partial charge in [0.1, 0.15) is 5.82 Å². The number of aryl methyl sites for hydroxylation is 1. The number of rotatable bonds is 4. The molecule has 2 N–H and O–H groups in total. The molecule has 0 radical (unpaired) electrons. The van der Waals surface area contributed by atoms with E-state index in [-0.39, 0.29) is 0 Å². The van der Waals surface area contributed by atoms with Crippen molar-refractivity contribution in [3.8, 4) is 0 Å². The van der Waals surface area contributed by atoms with Crippen molar-refractivity contribution < 1.29 is 0 Å². The maximum Gasteiger partial charge on any atom is 0.148 e. The first-order valence-corrected chi connectivity index (χ1v) is 5.59. The van der Waals surface area contributed by atoms with E-state index in [1.54, 1.807) is 0 Å². The van der Waals surface area contributed by atoms with Crippen molar-refractivity contribution in [2.75, 3.05) is 25.0 Å². The van der Waals surface area contributed by atoms with Crippen molar-refractivity contribution >= 4 is 5.82 Å². The van der Waals surface area contributed by atoms with E-state index in [1.807, 2.05) is 19.1 Å². The van der Waals surface area contributed by atoms with Crippen molar-refractivity contribution in [2.45, 2.75) is 19.8 Å². The molecule has 4 nitrogen and oxygen atoms in total. The van der Waals surface area contributed by atoms with Crippen LogP contribution in [0.15, 0.2) is 12.1 Å². The molecule has 2 rings (SSSR count). The Balaban J connectivity index is 1.71. The van der Waals surface area contributed by atoms with Crippen LogP contribution in [0.5, 0.6) is 0 Å². The van der Waals surface area contributed by atoms with Gasteiger partial charge in [-0.1, -0.05) is 0 Å². The second kappa shape index (κ2) is 5.07. The van der Waals surface area contributed by atoms with Crippen molar-refractivity contribution in [3.63, 3.8) is 0 Å². The largest absolute Gasteiger partial charge is 0.369 e. The van der Waals surface area contributed by atoms with Crippen LogP contribution in [0.1, 0.15) is 18.5 Å². The zero-order valence-corrected chi connectivity index (χ0v) is 9.16. The van der Waals surface area contributed by atoms with Gasteiger partial charge in [0.05, 0.1) is 5.69 Å². The Morgan fingerprint density at radius 2 is 2.40 bits per heavy atom. The quantitative estimate of drug-likeness (QED) is 0.777. The third kappa shape index (κ3) is 3.16. The van der Waals surface area contributed by atoms with Gasteiger partial charge in [-0.2, -0.15) is 5.10 Å². The summed E-state index contributed by atoms with van der Waals surface area (Å²) in [5.74, 6) is 1.71. The predicted octanol–water partition coefficient (Wildman–Crippen LogP) is 1.20. The van der Waals surface area contributed by atoms with Crippen LogP contribution in [0.25, 0.3) is 0 Å². The van der Waals surface area contributed by atoms with Gasteiger partial charge >= 0.3 is 0 Å². The molecule has 1 aliphatic rings. The molecule has 15 heavy (non-hydrogen) atoms. The Morgan fingerprint density at radius 3 is 3.07 bits per heavy atom. The molecule has 0 spiro atoms.